The van der Waals surface area contributed by atoms with Crippen molar-refractivity contribution < 1.29 is 22.0 Å². The number of alkyl halides is 2. The average Bonchev–Trinajstić information content (AvgIpc) is 3.07. The molecule has 1 aliphatic heterocycles. The third-order valence-corrected chi connectivity index (χ3v) is 8.47. The number of ketones is 1. The number of pyridine rings is 1. The Kier molecular flexibility index (Phi) is 5.07. The Morgan fingerprint density at radius 1 is 1.27 bits per heavy atom. The molecular formula is C22H25F2N5O3S. The standard InChI is InChI=1S/C22H25F2N5O3S/c1-27-12-18(25-13-27)20(30)9-14-3-5-15(6-4-14)17-7-8-19-21(26-17)28(2)33(31,32)29(19)11-16-10-22(16,23)24/h5,7-8,12-14,16H,3-4,6,9-11H2,1-2H3. The van der Waals surface area contributed by atoms with Crippen molar-refractivity contribution in [1.29, 1.82) is 0 Å². The van der Waals surface area contributed by atoms with Gasteiger partial charge >= 0.3 is 10.2 Å². The van der Waals surface area contributed by atoms with E-state index in [2.05, 4.69) is 16.0 Å². The number of aromatic nitrogens is 3. The maximum atomic E-state index is 13.4. The van der Waals surface area contributed by atoms with Crippen LogP contribution in [0, 0.1) is 11.8 Å². The Labute approximate surface area is 191 Å². The van der Waals surface area contributed by atoms with Gasteiger partial charge in [-0.25, -0.2) is 27.4 Å². The maximum Gasteiger partial charge on any atom is 0.327 e. The molecule has 0 bridgehead atoms. The highest BCUT2D eigenvalue weighted by molar-refractivity contribution is 7.94. The van der Waals surface area contributed by atoms with Crippen molar-refractivity contribution in [3.63, 3.8) is 0 Å². The number of rotatable bonds is 6. The maximum absolute atomic E-state index is 13.4. The molecule has 2 aromatic rings. The summed E-state index contributed by atoms with van der Waals surface area (Å²) < 4.78 is 56.2. The summed E-state index contributed by atoms with van der Waals surface area (Å²) in [7, 11) is -0.699. The number of hydrogen-bond donors (Lipinski definition) is 0. The van der Waals surface area contributed by atoms with Crippen molar-refractivity contribution >= 4 is 33.1 Å². The number of anilines is 2. The van der Waals surface area contributed by atoms with Gasteiger partial charge in [0.1, 0.15) is 5.69 Å². The van der Waals surface area contributed by atoms with Crippen molar-refractivity contribution in [3.8, 4) is 0 Å². The van der Waals surface area contributed by atoms with Crippen LogP contribution in [0.3, 0.4) is 0 Å². The molecule has 2 unspecified atom stereocenters. The van der Waals surface area contributed by atoms with Gasteiger partial charge in [0.05, 0.1) is 17.7 Å². The molecule has 0 saturated heterocycles. The number of halogens is 2. The van der Waals surface area contributed by atoms with E-state index in [1.54, 1.807) is 29.2 Å². The van der Waals surface area contributed by atoms with E-state index in [0.29, 0.717) is 23.5 Å². The Morgan fingerprint density at radius 2 is 2.03 bits per heavy atom. The van der Waals surface area contributed by atoms with E-state index in [1.807, 2.05) is 7.05 Å². The Hall–Kier alpha value is -2.82. The van der Waals surface area contributed by atoms with Gasteiger partial charge in [0.15, 0.2) is 11.6 Å². The number of imidazole rings is 1. The number of carbonyl (C=O) groups is 1. The summed E-state index contributed by atoms with van der Waals surface area (Å²) in [4.78, 5) is 21.1. The number of Topliss-reactive ketones (excluding diaryl/α,β-unsaturated/α-hetero) is 1. The summed E-state index contributed by atoms with van der Waals surface area (Å²) in [6, 6.07) is 3.40. The van der Waals surface area contributed by atoms with Crippen LogP contribution in [0.4, 0.5) is 20.3 Å². The molecule has 0 N–H and O–H groups in total. The van der Waals surface area contributed by atoms with Gasteiger partial charge in [0.25, 0.3) is 5.92 Å². The molecular weight excluding hydrogens is 452 g/mol. The van der Waals surface area contributed by atoms with Crippen LogP contribution in [-0.4, -0.2) is 48.3 Å². The van der Waals surface area contributed by atoms with Crippen LogP contribution < -0.4 is 8.61 Å². The van der Waals surface area contributed by atoms with Gasteiger partial charge in [0.2, 0.25) is 0 Å². The summed E-state index contributed by atoms with van der Waals surface area (Å²) in [5.74, 6) is -3.26. The summed E-state index contributed by atoms with van der Waals surface area (Å²) in [5.41, 5.74) is 2.48. The molecule has 2 aromatic heterocycles. The van der Waals surface area contributed by atoms with E-state index in [0.717, 1.165) is 33.4 Å². The lowest BCUT2D eigenvalue weighted by atomic mass is 9.85. The molecule has 3 heterocycles. The number of nitrogens with zero attached hydrogens (tertiary/aromatic N) is 5. The van der Waals surface area contributed by atoms with E-state index in [4.69, 9.17) is 0 Å². The number of allylic oxidation sites excluding steroid dienone is 2. The molecule has 33 heavy (non-hydrogen) atoms. The van der Waals surface area contributed by atoms with Gasteiger partial charge in [-0.3, -0.25) is 4.79 Å². The van der Waals surface area contributed by atoms with Gasteiger partial charge in [-0.15, -0.1) is 0 Å². The number of aryl methyl sites for hydroxylation is 1. The molecule has 0 amide bonds. The predicted octanol–water partition coefficient (Wildman–Crippen LogP) is 3.43. The molecule has 8 nitrogen and oxygen atoms in total. The van der Waals surface area contributed by atoms with Gasteiger partial charge in [0, 0.05) is 45.6 Å². The summed E-state index contributed by atoms with van der Waals surface area (Å²) in [6.45, 7) is -0.248. The Balaban J connectivity index is 1.30. The summed E-state index contributed by atoms with van der Waals surface area (Å²) >= 11 is 0. The first-order chi connectivity index (χ1) is 15.6. The highest BCUT2D eigenvalue weighted by atomic mass is 32.2. The van der Waals surface area contributed by atoms with E-state index in [1.165, 1.54) is 7.05 Å². The fourth-order valence-electron chi connectivity index (χ4n) is 4.52. The SMILES string of the molecule is CN1c2nc(C3=CCC(CC(=O)c4cn(C)cn4)CC3)ccc2N(CC2CC2(F)F)S1(=O)=O. The monoisotopic (exact) mass is 477 g/mol. The zero-order valence-corrected chi connectivity index (χ0v) is 19.2. The Bertz CT molecular complexity index is 1260. The molecule has 0 spiro atoms. The van der Waals surface area contributed by atoms with Crippen LogP contribution in [0.1, 0.15) is 48.3 Å². The topological polar surface area (TPSA) is 88.4 Å². The van der Waals surface area contributed by atoms with Crippen LogP contribution in [-0.2, 0) is 17.3 Å². The van der Waals surface area contributed by atoms with Gasteiger partial charge in [-0.1, -0.05) is 6.08 Å². The zero-order chi connectivity index (χ0) is 23.5. The lowest BCUT2D eigenvalue weighted by Crippen LogP contribution is -2.37. The molecule has 1 fully saturated rings. The van der Waals surface area contributed by atoms with E-state index in [-0.39, 0.29) is 30.5 Å². The normalized spacial score (nSPS) is 25.0. The molecule has 3 aliphatic rings. The largest absolute Gasteiger partial charge is 0.340 e. The first-order valence-corrected chi connectivity index (χ1v) is 12.3. The second-order valence-electron chi connectivity index (χ2n) is 9.13. The first kappa shape index (κ1) is 22.0. The third kappa shape index (κ3) is 3.92. The second kappa shape index (κ2) is 7.61. The molecule has 5 rings (SSSR count). The second-order valence-corrected chi connectivity index (χ2v) is 11.0. The minimum Gasteiger partial charge on any atom is -0.340 e. The van der Waals surface area contributed by atoms with Crippen molar-refractivity contribution in [1.82, 2.24) is 14.5 Å². The van der Waals surface area contributed by atoms with Crippen molar-refractivity contribution in [2.45, 2.75) is 38.0 Å². The van der Waals surface area contributed by atoms with Crippen molar-refractivity contribution in [3.05, 3.63) is 42.1 Å². The van der Waals surface area contributed by atoms with Crippen LogP contribution in [0.5, 0.6) is 0 Å². The molecule has 11 heteroatoms. The lowest BCUT2D eigenvalue weighted by molar-refractivity contribution is 0.0953. The third-order valence-electron chi connectivity index (χ3n) is 6.70. The summed E-state index contributed by atoms with van der Waals surface area (Å²) in [5, 5.41) is 0. The van der Waals surface area contributed by atoms with Gasteiger partial charge in [-0.2, -0.15) is 8.42 Å². The van der Waals surface area contributed by atoms with Crippen molar-refractivity contribution in [2.24, 2.45) is 18.9 Å². The fourth-order valence-corrected chi connectivity index (χ4v) is 5.93. The molecule has 0 aromatic carbocycles. The highest BCUT2D eigenvalue weighted by Gasteiger charge is 2.59. The number of fused-ring (bicyclic) bond motifs is 1. The molecule has 176 valence electrons. The molecule has 0 radical (unpaired) electrons. The van der Waals surface area contributed by atoms with Crippen LogP contribution in [0.15, 0.2) is 30.7 Å². The number of carbonyl (C=O) groups excluding carboxylic acids is 1. The lowest BCUT2D eigenvalue weighted by Gasteiger charge is -2.21. The minimum atomic E-state index is -3.92. The minimum absolute atomic E-state index is 0.0290. The molecule has 2 atom stereocenters. The smallest absolute Gasteiger partial charge is 0.327 e. The van der Waals surface area contributed by atoms with Crippen LogP contribution >= 0.6 is 0 Å². The van der Waals surface area contributed by atoms with Crippen LogP contribution in [0.2, 0.25) is 0 Å². The zero-order valence-electron chi connectivity index (χ0n) is 18.4. The van der Waals surface area contributed by atoms with Gasteiger partial charge in [-0.05, 0) is 42.9 Å². The van der Waals surface area contributed by atoms with Gasteiger partial charge < -0.3 is 4.57 Å². The fraction of sp³-hybridized carbons (Fsp3) is 0.500. The number of hydrogen-bond acceptors (Lipinski definition) is 5. The van der Waals surface area contributed by atoms with Crippen LogP contribution in [0.25, 0.3) is 5.57 Å². The van der Waals surface area contributed by atoms with E-state index in [9.17, 15) is 22.0 Å². The first-order valence-electron chi connectivity index (χ1n) is 10.9. The summed E-state index contributed by atoms with van der Waals surface area (Å²) in [6.07, 6.45) is 7.80. The average molecular weight is 478 g/mol. The Morgan fingerprint density at radius 3 is 2.64 bits per heavy atom. The van der Waals surface area contributed by atoms with E-state index < -0.39 is 22.0 Å². The molecule has 1 saturated carbocycles. The van der Waals surface area contributed by atoms with E-state index >= 15 is 0 Å². The predicted molar refractivity (Wildman–Crippen MR) is 119 cm³/mol. The quantitative estimate of drug-likeness (QED) is 0.595. The van der Waals surface area contributed by atoms with Crippen molar-refractivity contribution in [2.75, 3.05) is 22.2 Å². The highest BCUT2D eigenvalue weighted by Crippen LogP contribution is 2.51. The molecule has 2 aliphatic carbocycles.